The Morgan fingerprint density at radius 3 is 2.47 bits per heavy atom. The van der Waals surface area contributed by atoms with Crippen molar-refractivity contribution in [2.24, 2.45) is 0 Å². The van der Waals surface area contributed by atoms with Gasteiger partial charge in [0, 0.05) is 12.6 Å². The summed E-state index contributed by atoms with van der Waals surface area (Å²) in [5.74, 6) is -0.272. The number of amides is 1. The maximum atomic E-state index is 12.8. The third-order valence-electron chi connectivity index (χ3n) is 3.70. The van der Waals surface area contributed by atoms with Gasteiger partial charge in [0.05, 0.1) is 13.0 Å². The van der Waals surface area contributed by atoms with Crippen molar-refractivity contribution >= 4 is 5.91 Å². The SMILES string of the molecule is O=C(Cc1ccc(F)cc1)N(CCO)C1CCCC1. The smallest absolute Gasteiger partial charge is 0.227 e. The molecule has 1 amide bonds. The first-order chi connectivity index (χ1) is 9.20. The van der Waals surface area contributed by atoms with Crippen molar-refractivity contribution in [3.05, 3.63) is 35.6 Å². The second-order valence-electron chi connectivity index (χ2n) is 5.05. The van der Waals surface area contributed by atoms with Gasteiger partial charge in [-0.2, -0.15) is 0 Å². The number of halogens is 1. The lowest BCUT2D eigenvalue weighted by molar-refractivity contribution is -0.133. The summed E-state index contributed by atoms with van der Waals surface area (Å²) in [5, 5.41) is 9.10. The van der Waals surface area contributed by atoms with E-state index in [-0.39, 0.29) is 30.8 Å². The van der Waals surface area contributed by atoms with E-state index in [2.05, 4.69) is 0 Å². The Labute approximate surface area is 113 Å². The standard InChI is InChI=1S/C15H20FNO2/c16-13-7-5-12(6-8-13)11-15(19)17(9-10-18)14-3-1-2-4-14/h5-8,14,18H,1-4,9-11H2. The van der Waals surface area contributed by atoms with Crippen molar-refractivity contribution in [1.29, 1.82) is 0 Å². The van der Waals surface area contributed by atoms with Gasteiger partial charge in [-0.15, -0.1) is 0 Å². The van der Waals surface area contributed by atoms with Crippen molar-refractivity contribution in [1.82, 2.24) is 4.90 Å². The van der Waals surface area contributed by atoms with E-state index in [0.717, 1.165) is 31.2 Å². The summed E-state index contributed by atoms with van der Waals surface area (Å²) in [7, 11) is 0. The number of nitrogens with zero attached hydrogens (tertiary/aromatic N) is 1. The zero-order chi connectivity index (χ0) is 13.7. The predicted octanol–water partition coefficient (Wildman–Crippen LogP) is 2.13. The van der Waals surface area contributed by atoms with E-state index in [1.54, 1.807) is 17.0 Å². The van der Waals surface area contributed by atoms with E-state index in [4.69, 9.17) is 5.11 Å². The minimum atomic E-state index is -0.292. The van der Waals surface area contributed by atoms with Crippen molar-refractivity contribution in [3.8, 4) is 0 Å². The van der Waals surface area contributed by atoms with Gasteiger partial charge in [-0.1, -0.05) is 25.0 Å². The third-order valence-corrected chi connectivity index (χ3v) is 3.70. The van der Waals surface area contributed by atoms with Crippen molar-refractivity contribution in [2.45, 2.75) is 38.1 Å². The molecule has 0 bridgehead atoms. The molecule has 0 radical (unpaired) electrons. The first-order valence-electron chi connectivity index (χ1n) is 6.85. The van der Waals surface area contributed by atoms with Crippen LogP contribution in [0, 0.1) is 5.82 Å². The Morgan fingerprint density at radius 1 is 1.26 bits per heavy atom. The molecule has 1 fully saturated rings. The van der Waals surface area contributed by atoms with Gasteiger partial charge < -0.3 is 10.0 Å². The van der Waals surface area contributed by atoms with Gasteiger partial charge in [-0.25, -0.2) is 4.39 Å². The van der Waals surface area contributed by atoms with Crippen LogP contribution in [-0.2, 0) is 11.2 Å². The number of hydrogen-bond acceptors (Lipinski definition) is 2. The van der Waals surface area contributed by atoms with Crippen molar-refractivity contribution in [3.63, 3.8) is 0 Å². The largest absolute Gasteiger partial charge is 0.395 e. The van der Waals surface area contributed by atoms with Crippen LogP contribution in [0.2, 0.25) is 0 Å². The first kappa shape index (κ1) is 14.0. The Morgan fingerprint density at radius 2 is 1.89 bits per heavy atom. The lowest BCUT2D eigenvalue weighted by Gasteiger charge is -2.28. The first-order valence-corrected chi connectivity index (χ1v) is 6.85. The van der Waals surface area contributed by atoms with E-state index in [1.807, 2.05) is 0 Å². The van der Waals surface area contributed by atoms with E-state index in [1.165, 1.54) is 12.1 Å². The number of rotatable bonds is 5. The van der Waals surface area contributed by atoms with E-state index >= 15 is 0 Å². The summed E-state index contributed by atoms with van der Waals surface area (Å²) in [4.78, 5) is 14.1. The molecule has 0 atom stereocenters. The zero-order valence-corrected chi connectivity index (χ0v) is 11.0. The Hall–Kier alpha value is -1.42. The van der Waals surface area contributed by atoms with Gasteiger partial charge in [0.2, 0.25) is 5.91 Å². The second-order valence-corrected chi connectivity index (χ2v) is 5.05. The average molecular weight is 265 g/mol. The number of benzene rings is 1. The fourth-order valence-corrected chi connectivity index (χ4v) is 2.71. The summed E-state index contributed by atoms with van der Waals surface area (Å²) in [6.07, 6.45) is 4.62. The van der Waals surface area contributed by atoms with Gasteiger partial charge in [0.1, 0.15) is 5.82 Å². The molecular weight excluding hydrogens is 245 g/mol. The van der Waals surface area contributed by atoms with Crippen LogP contribution in [0.15, 0.2) is 24.3 Å². The van der Waals surface area contributed by atoms with Gasteiger partial charge in [0.25, 0.3) is 0 Å². The minimum Gasteiger partial charge on any atom is -0.395 e. The molecule has 2 rings (SSSR count). The molecule has 0 heterocycles. The lowest BCUT2D eigenvalue weighted by atomic mass is 10.1. The Bertz CT molecular complexity index is 413. The fraction of sp³-hybridized carbons (Fsp3) is 0.533. The topological polar surface area (TPSA) is 40.5 Å². The molecule has 0 aliphatic heterocycles. The summed E-state index contributed by atoms with van der Waals surface area (Å²) in [6, 6.07) is 6.28. The van der Waals surface area contributed by atoms with Crippen LogP contribution >= 0.6 is 0 Å². The molecule has 3 nitrogen and oxygen atoms in total. The van der Waals surface area contributed by atoms with Crippen LogP contribution in [0.1, 0.15) is 31.2 Å². The zero-order valence-electron chi connectivity index (χ0n) is 11.0. The van der Waals surface area contributed by atoms with Crippen LogP contribution in [0.5, 0.6) is 0 Å². The summed E-state index contributed by atoms with van der Waals surface area (Å²) >= 11 is 0. The second kappa shape index (κ2) is 6.66. The maximum Gasteiger partial charge on any atom is 0.227 e. The molecule has 1 saturated carbocycles. The number of aliphatic hydroxyl groups is 1. The molecule has 1 aliphatic carbocycles. The molecule has 1 aromatic carbocycles. The Balaban J connectivity index is 2.00. The molecule has 19 heavy (non-hydrogen) atoms. The van der Waals surface area contributed by atoms with Gasteiger partial charge in [-0.05, 0) is 30.5 Å². The molecule has 0 unspecified atom stereocenters. The van der Waals surface area contributed by atoms with E-state index in [9.17, 15) is 9.18 Å². The summed E-state index contributed by atoms with van der Waals surface area (Å²) in [5.41, 5.74) is 0.812. The molecule has 1 aliphatic rings. The Kier molecular flexibility index (Phi) is 4.91. The molecule has 0 aromatic heterocycles. The third kappa shape index (κ3) is 3.77. The van der Waals surface area contributed by atoms with Crippen LogP contribution in [0.3, 0.4) is 0 Å². The highest BCUT2D eigenvalue weighted by Gasteiger charge is 2.25. The molecule has 4 heteroatoms. The van der Waals surface area contributed by atoms with E-state index < -0.39 is 0 Å². The molecule has 1 aromatic rings. The number of hydrogen-bond donors (Lipinski definition) is 1. The van der Waals surface area contributed by atoms with Crippen LogP contribution < -0.4 is 0 Å². The van der Waals surface area contributed by atoms with Gasteiger partial charge in [0.15, 0.2) is 0 Å². The highest BCUT2D eigenvalue weighted by Crippen LogP contribution is 2.24. The monoisotopic (exact) mass is 265 g/mol. The van der Waals surface area contributed by atoms with E-state index in [0.29, 0.717) is 6.54 Å². The minimum absolute atomic E-state index is 0.00828. The maximum absolute atomic E-state index is 12.8. The molecule has 104 valence electrons. The van der Waals surface area contributed by atoms with Gasteiger partial charge in [-0.3, -0.25) is 4.79 Å². The molecule has 1 N–H and O–H groups in total. The number of carbonyl (C=O) groups is 1. The predicted molar refractivity (Wildman–Crippen MR) is 71.2 cm³/mol. The summed E-state index contributed by atoms with van der Waals surface area (Å²) in [6.45, 7) is 0.385. The van der Waals surface area contributed by atoms with Crippen LogP contribution in [-0.4, -0.2) is 35.1 Å². The number of aliphatic hydroxyl groups excluding tert-OH is 1. The lowest BCUT2D eigenvalue weighted by Crippen LogP contribution is -2.41. The van der Waals surface area contributed by atoms with Crippen molar-refractivity contribution < 1.29 is 14.3 Å². The molecule has 0 saturated heterocycles. The molecular formula is C15H20FNO2. The molecule has 0 spiro atoms. The van der Waals surface area contributed by atoms with Gasteiger partial charge >= 0.3 is 0 Å². The quantitative estimate of drug-likeness (QED) is 0.886. The van der Waals surface area contributed by atoms with Crippen molar-refractivity contribution in [2.75, 3.05) is 13.2 Å². The van der Waals surface area contributed by atoms with Crippen LogP contribution in [0.4, 0.5) is 4.39 Å². The number of carbonyl (C=O) groups excluding carboxylic acids is 1. The highest BCUT2D eigenvalue weighted by molar-refractivity contribution is 5.79. The average Bonchev–Trinajstić information content (AvgIpc) is 2.92. The highest BCUT2D eigenvalue weighted by atomic mass is 19.1. The summed E-state index contributed by atoms with van der Waals surface area (Å²) < 4.78 is 12.8. The normalized spacial score (nSPS) is 15.7. The fourth-order valence-electron chi connectivity index (χ4n) is 2.71. The van der Waals surface area contributed by atoms with Crippen LogP contribution in [0.25, 0.3) is 0 Å².